The molecule has 1 N–H and O–H groups in total. The van der Waals surface area contributed by atoms with E-state index in [0.29, 0.717) is 46.7 Å². The average Bonchev–Trinajstić information content (AvgIpc) is 3.06. The van der Waals surface area contributed by atoms with Crippen LogP contribution in [0.1, 0.15) is 37.1 Å². The van der Waals surface area contributed by atoms with Crippen LogP contribution in [0.15, 0.2) is 17.0 Å². The third kappa shape index (κ3) is 5.02. The lowest BCUT2D eigenvalue weighted by Crippen LogP contribution is -2.36. The number of ether oxygens (including phenoxy) is 2. The molecule has 11 heteroatoms. The second-order valence-electron chi connectivity index (χ2n) is 7.67. The molecular formula is C21H29ClN4O5S. The zero-order chi connectivity index (χ0) is 23.5. The van der Waals surface area contributed by atoms with E-state index in [-0.39, 0.29) is 23.8 Å². The van der Waals surface area contributed by atoms with Crippen LogP contribution in [0.2, 0.25) is 5.02 Å². The van der Waals surface area contributed by atoms with Crippen LogP contribution in [0.5, 0.6) is 11.5 Å². The number of nitrogens with one attached hydrogen (secondary N) is 1. The number of carbonyl (C=O) groups excluding carboxylic acids is 1. The van der Waals surface area contributed by atoms with Gasteiger partial charge in [-0.25, -0.2) is 8.42 Å². The van der Waals surface area contributed by atoms with Crippen LogP contribution in [-0.4, -0.2) is 55.7 Å². The summed E-state index contributed by atoms with van der Waals surface area (Å²) < 4.78 is 39.8. The predicted molar refractivity (Wildman–Crippen MR) is 122 cm³/mol. The minimum Gasteiger partial charge on any atom is -0.495 e. The first-order chi connectivity index (χ1) is 15.2. The summed E-state index contributed by atoms with van der Waals surface area (Å²) in [6.07, 6.45) is 2.87. The van der Waals surface area contributed by atoms with Gasteiger partial charge in [0.15, 0.2) is 0 Å². The number of benzene rings is 1. The Morgan fingerprint density at radius 2 is 1.78 bits per heavy atom. The van der Waals surface area contributed by atoms with Crippen LogP contribution in [-0.2, 0) is 21.4 Å². The van der Waals surface area contributed by atoms with E-state index in [1.54, 1.807) is 30.7 Å². The van der Waals surface area contributed by atoms with E-state index in [9.17, 15) is 13.2 Å². The maximum Gasteiger partial charge on any atom is 0.246 e. The van der Waals surface area contributed by atoms with Crippen molar-refractivity contribution < 1.29 is 22.7 Å². The minimum absolute atomic E-state index is 0.0952. The molecule has 1 saturated heterocycles. The smallest absolute Gasteiger partial charge is 0.246 e. The number of methoxy groups -OCH3 is 2. The van der Waals surface area contributed by atoms with Crippen molar-refractivity contribution in [2.45, 2.75) is 51.0 Å². The van der Waals surface area contributed by atoms with Gasteiger partial charge in [0, 0.05) is 25.6 Å². The van der Waals surface area contributed by atoms with Gasteiger partial charge in [-0.05, 0) is 32.8 Å². The van der Waals surface area contributed by atoms with Crippen LogP contribution >= 0.6 is 11.6 Å². The summed E-state index contributed by atoms with van der Waals surface area (Å²) >= 11 is 6.16. The highest BCUT2D eigenvalue weighted by atomic mass is 35.5. The van der Waals surface area contributed by atoms with Crippen LogP contribution in [0.4, 0.5) is 5.69 Å². The highest BCUT2D eigenvalue weighted by molar-refractivity contribution is 7.89. The summed E-state index contributed by atoms with van der Waals surface area (Å²) in [4.78, 5) is 12.8. The molecule has 0 aliphatic carbocycles. The fourth-order valence-corrected chi connectivity index (χ4v) is 6.01. The number of carbonyl (C=O) groups is 1. The van der Waals surface area contributed by atoms with Crippen molar-refractivity contribution in [2.24, 2.45) is 0 Å². The molecule has 1 amide bonds. The Hall–Kier alpha value is -2.30. The third-order valence-electron chi connectivity index (χ3n) is 5.53. The van der Waals surface area contributed by atoms with E-state index in [1.165, 1.54) is 18.5 Å². The van der Waals surface area contributed by atoms with Gasteiger partial charge in [0.25, 0.3) is 0 Å². The molecule has 2 aromatic rings. The lowest BCUT2D eigenvalue weighted by Gasteiger charge is -2.26. The van der Waals surface area contributed by atoms with Gasteiger partial charge < -0.3 is 14.8 Å². The number of amides is 1. The largest absolute Gasteiger partial charge is 0.495 e. The summed E-state index contributed by atoms with van der Waals surface area (Å²) in [5.41, 5.74) is 1.40. The maximum absolute atomic E-state index is 13.1. The molecule has 1 aromatic carbocycles. The molecule has 1 aromatic heterocycles. The Morgan fingerprint density at radius 1 is 1.12 bits per heavy atom. The molecular weight excluding hydrogens is 456 g/mol. The molecule has 9 nitrogen and oxygen atoms in total. The zero-order valence-electron chi connectivity index (χ0n) is 18.8. The first-order valence-electron chi connectivity index (χ1n) is 10.4. The van der Waals surface area contributed by atoms with Crippen molar-refractivity contribution in [3.63, 3.8) is 0 Å². The lowest BCUT2D eigenvalue weighted by atomic mass is 10.2. The Bertz CT molecular complexity index is 1090. The Labute approximate surface area is 193 Å². The van der Waals surface area contributed by atoms with Crippen molar-refractivity contribution in [2.75, 3.05) is 32.6 Å². The van der Waals surface area contributed by atoms with Crippen LogP contribution in [0, 0.1) is 13.8 Å². The van der Waals surface area contributed by atoms with Gasteiger partial charge in [0.1, 0.15) is 16.4 Å². The molecule has 3 rings (SSSR count). The first kappa shape index (κ1) is 24.3. The Balaban J connectivity index is 1.72. The fourth-order valence-electron chi connectivity index (χ4n) is 3.88. The molecule has 1 fully saturated rings. The summed E-state index contributed by atoms with van der Waals surface area (Å²) in [5, 5.41) is 7.51. The van der Waals surface area contributed by atoms with Crippen molar-refractivity contribution in [3.8, 4) is 11.5 Å². The van der Waals surface area contributed by atoms with Crippen molar-refractivity contribution in [3.05, 3.63) is 28.5 Å². The number of piperidine rings is 1. The van der Waals surface area contributed by atoms with Gasteiger partial charge in [-0.15, -0.1) is 0 Å². The van der Waals surface area contributed by atoms with Gasteiger partial charge in [0.05, 0.1) is 42.9 Å². The predicted octanol–water partition coefficient (Wildman–Crippen LogP) is 3.37. The third-order valence-corrected chi connectivity index (χ3v) is 7.97. The number of hydrogen-bond acceptors (Lipinski definition) is 6. The molecule has 0 spiro atoms. The van der Waals surface area contributed by atoms with E-state index in [4.69, 9.17) is 21.1 Å². The summed E-state index contributed by atoms with van der Waals surface area (Å²) in [7, 11) is -0.626. The highest BCUT2D eigenvalue weighted by Crippen LogP contribution is 2.36. The van der Waals surface area contributed by atoms with Gasteiger partial charge in [-0.3, -0.25) is 9.48 Å². The van der Waals surface area contributed by atoms with Gasteiger partial charge in [-0.2, -0.15) is 9.40 Å². The van der Waals surface area contributed by atoms with E-state index in [1.807, 2.05) is 0 Å². The first-order valence-corrected chi connectivity index (χ1v) is 12.3. The number of sulfonamides is 1. The second kappa shape index (κ2) is 10.1. The van der Waals surface area contributed by atoms with E-state index < -0.39 is 10.0 Å². The van der Waals surface area contributed by atoms with Crippen molar-refractivity contribution >= 4 is 33.2 Å². The second-order valence-corrected chi connectivity index (χ2v) is 9.96. The monoisotopic (exact) mass is 484 g/mol. The van der Waals surface area contributed by atoms with E-state index >= 15 is 0 Å². The molecule has 2 heterocycles. The summed E-state index contributed by atoms with van der Waals surface area (Å²) in [6, 6.07) is 3.15. The standard InChI is InChI=1S/C21H29ClN4O5S/c1-14-21(32(28,29)25-9-6-5-7-10-25)15(2)26(24-14)11-8-20(27)23-17-12-16(22)18(30-3)13-19(17)31-4/h12-13H,5-11H2,1-4H3,(H,23,27). The van der Waals surface area contributed by atoms with E-state index in [0.717, 1.165) is 19.3 Å². The fraction of sp³-hybridized carbons (Fsp3) is 0.524. The van der Waals surface area contributed by atoms with Crippen LogP contribution in [0.3, 0.4) is 0 Å². The molecule has 0 saturated carbocycles. The van der Waals surface area contributed by atoms with Crippen LogP contribution < -0.4 is 14.8 Å². The molecule has 0 radical (unpaired) electrons. The molecule has 0 unspecified atom stereocenters. The number of nitrogens with zero attached hydrogens (tertiary/aromatic N) is 3. The summed E-state index contributed by atoms with van der Waals surface area (Å²) in [5.74, 6) is 0.574. The number of halogens is 1. The molecule has 0 atom stereocenters. The minimum atomic E-state index is -3.60. The van der Waals surface area contributed by atoms with Crippen LogP contribution in [0.25, 0.3) is 0 Å². The Kier molecular flexibility index (Phi) is 7.68. The number of aromatic nitrogens is 2. The molecule has 32 heavy (non-hydrogen) atoms. The van der Waals surface area contributed by atoms with Crippen molar-refractivity contribution in [1.29, 1.82) is 0 Å². The van der Waals surface area contributed by atoms with Crippen molar-refractivity contribution in [1.82, 2.24) is 14.1 Å². The van der Waals surface area contributed by atoms with Gasteiger partial charge >= 0.3 is 0 Å². The maximum atomic E-state index is 13.1. The molecule has 176 valence electrons. The van der Waals surface area contributed by atoms with E-state index in [2.05, 4.69) is 10.4 Å². The van der Waals surface area contributed by atoms with Gasteiger partial charge in [0.2, 0.25) is 15.9 Å². The molecule has 1 aliphatic heterocycles. The number of hydrogen-bond donors (Lipinski definition) is 1. The number of aryl methyl sites for hydroxylation is 2. The molecule has 0 bridgehead atoms. The average molecular weight is 485 g/mol. The zero-order valence-corrected chi connectivity index (χ0v) is 20.3. The van der Waals surface area contributed by atoms with Gasteiger partial charge in [-0.1, -0.05) is 18.0 Å². The normalized spacial score (nSPS) is 14.9. The Morgan fingerprint density at radius 3 is 2.41 bits per heavy atom. The highest BCUT2D eigenvalue weighted by Gasteiger charge is 2.31. The lowest BCUT2D eigenvalue weighted by molar-refractivity contribution is -0.116. The number of rotatable bonds is 8. The topological polar surface area (TPSA) is 103 Å². The molecule has 1 aliphatic rings. The SMILES string of the molecule is COc1cc(OC)c(NC(=O)CCn2nc(C)c(S(=O)(=O)N3CCCCC3)c2C)cc1Cl. The summed E-state index contributed by atoms with van der Waals surface area (Å²) in [6.45, 7) is 4.70. The number of anilines is 1. The quantitative estimate of drug-likeness (QED) is 0.616.